The molecule has 0 atom stereocenters. The first-order chi connectivity index (χ1) is 10.8. The number of nitrogens with zero attached hydrogens (tertiary/aromatic N) is 3. The normalized spacial score (nSPS) is 10.2. The lowest BCUT2D eigenvalue weighted by Gasteiger charge is -2.08. The molecule has 0 aliphatic carbocycles. The Hall–Kier alpha value is -2.47. The van der Waals surface area contributed by atoms with Crippen molar-refractivity contribution in [2.75, 3.05) is 10.6 Å². The van der Waals surface area contributed by atoms with Gasteiger partial charge in [-0.3, -0.25) is 4.98 Å². The zero-order valence-electron chi connectivity index (χ0n) is 11.7. The number of hydrogen-bond donors (Lipinski definition) is 2. The molecule has 1 aromatic carbocycles. The largest absolute Gasteiger partial charge is 0.364 e. The topological polar surface area (TPSA) is 62.7 Å². The van der Waals surface area contributed by atoms with E-state index in [1.807, 2.05) is 48.5 Å². The number of halogens is 1. The van der Waals surface area contributed by atoms with E-state index in [0.717, 1.165) is 21.7 Å². The Bertz CT molecular complexity index is 748. The molecule has 2 N–H and O–H groups in total. The number of hydrogen-bond acceptors (Lipinski definition) is 5. The lowest BCUT2D eigenvalue weighted by Crippen LogP contribution is -2.05. The molecule has 0 fully saturated rings. The van der Waals surface area contributed by atoms with Crippen LogP contribution in [0.1, 0.15) is 5.69 Å². The molecule has 3 rings (SSSR count). The molecule has 0 unspecified atom stereocenters. The van der Waals surface area contributed by atoms with Gasteiger partial charge in [0.15, 0.2) is 0 Å². The summed E-state index contributed by atoms with van der Waals surface area (Å²) in [6.45, 7) is 0.619. The van der Waals surface area contributed by atoms with Gasteiger partial charge >= 0.3 is 0 Å². The van der Waals surface area contributed by atoms with E-state index in [1.54, 1.807) is 12.4 Å². The summed E-state index contributed by atoms with van der Waals surface area (Å²) in [5.41, 5.74) is 1.89. The highest BCUT2D eigenvalue weighted by molar-refractivity contribution is 9.10. The maximum Gasteiger partial charge on any atom is 0.229 e. The molecule has 2 aromatic heterocycles. The standard InChI is InChI=1S/C16H14BrN5/c17-12-4-3-6-13(10-12)21-16-19-9-7-15(22-16)20-11-14-5-1-2-8-18-14/h1-10H,11H2,(H2,19,20,21,22). The van der Waals surface area contributed by atoms with Gasteiger partial charge in [0.05, 0.1) is 12.2 Å². The molecule has 0 bridgehead atoms. The zero-order valence-corrected chi connectivity index (χ0v) is 13.3. The van der Waals surface area contributed by atoms with E-state index in [1.165, 1.54) is 0 Å². The number of pyridine rings is 1. The van der Waals surface area contributed by atoms with Crippen molar-refractivity contribution in [2.24, 2.45) is 0 Å². The first-order valence-corrected chi connectivity index (χ1v) is 7.58. The van der Waals surface area contributed by atoms with E-state index in [2.05, 4.69) is 41.5 Å². The summed E-state index contributed by atoms with van der Waals surface area (Å²) in [5, 5.41) is 6.41. The number of nitrogens with one attached hydrogen (secondary N) is 2. The second-order valence-electron chi connectivity index (χ2n) is 4.58. The molecule has 0 saturated heterocycles. The van der Waals surface area contributed by atoms with Crippen LogP contribution in [0.5, 0.6) is 0 Å². The highest BCUT2D eigenvalue weighted by Gasteiger charge is 2.01. The van der Waals surface area contributed by atoms with E-state index in [9.17, 15) is 0 Å². The van der Waals surface area contributed by atoms with Crippen LogP contribution in [0.25, 0.3) is 0 Å². The first-order valence-electron chi connectivity index (χ1n) is 6.79. The molecule has 3 aromatic rings. The smallest absolute Gasteiger partial charge is 0.229 e. The van der Waals surface area contributed by atoms with Crippen LogP contribution in [0.3, 0.4) is 0 Å². The van der Waals surface area contributed by atoms with Crippen LogP contribution in [-0.2, 0) is 6.54 Å². The van der Waals surface area contributed by atoms with E-state index < -0.39 is 0 Å². The summed E-state index contributed by atoms with van der Waals surface area (Å²) < 4.78 is 1.00. The molecule has 0 radical (unpaired) electrons. The first kappa shape index (κ1) is 14.5. The summed E-state index contributed by atoms with van der Waals surface area (Å²) in [7, 11) is 0. The van der Waals surface area contributed by atoms with Gasteiger partial charge in [-0.15, -0.1) is 0 Å². The van der Waals surface area contributed by atoms with E-state index in [4.69, 9.17) is 0 Å². The Morgan fingerprint density at radius 3 is 2.73 bits per heavy atom. The van der Waals surface area contributed by atoms with Crippen LogP contribution < -0.4 is 10.6 Å². The van der Waals surface area contributed by atoms with Gasteiger partial charge in [0.2, 0.25) is 5.95 Å². The molecule has 0 aliphatic rings. The van der Waals surface area contributed by atoms with Gasteiger partial charge < -0.3 is 10.6 Å². The van der Waals surface area contributed by atoms with E-state index in [0.29, 0.717) is 12.5 Å². The van der Waals surface area contributed by atoms with Crippen LogP contribution in [0.4, 0.5) is 17.5 Å². The van der Waals surface area contributed by atoms with E-state index in [-0.39, 0.29) is 0 Å². The SMILES string of the molecule is Brc1cccc(Nc2nccc(NCc3ccccn3)n2)c1. The van der Waals surface area contributed by atoms with Crippen LogP contribution in [0.2, 0.25) is 0 Å². The molecule has 2 heterocycles. The van der Waals surface area contributed by atoms with Crippen LogP contribution in [0, 0.1) is 0 Å². The summed E-state index contributed by atoms with van der Waals surface area (Å²) in [4.78, 5) is 12.9. The number of aromatic nitrogens is 3. The Morgan fingerprint density at radius 1 is 0.955 bits per heavy atom. The predicted octanol–water partition coefficient (Wildman–Crippen LogP) is 3.99. The number of rotatable bonds is 5. The minimum Gasteiger partial charge on any atom is -0.364 e. The highest BCUT2D eigenvalue weighted by atomic mass is 79.9. The van der Waals surface area contributed by atoms with Gasteiger partial charge in [0.25, 0.3) is 0 Å². The highest BCUT2D eigenvalue weighted by Crippen LogP contribution is 2.19. The third-order valence-corrected chi connectivity index (χ3v) is 3.41. The van der Waals surface area contributed by atoms with Gasteiger partial charge in [-0.2, -0.15) is 4.98 Å². The molecule has 0 amide bonds. The minimum atomic E-state index is 0.545. The molecule has 0 saturated carbocycles. The lowest BCUT2D eigenvalue weighted by atomic mass is 10.3. The molecular weight excluding hydrogens is 342 g/mol. The van der Waals surface area contributed by atoms with Crippen molar-refractivity contribution in [3.8, 4) is 0 Å². The van der Waals surface area contributed by atoms with Crippen LogP contribution in [-0.4, -0.2) is 15.0 Å². The fourth-order valence-electron chi connectivity index (χ4n) is 1.90. The van der Waals surface area contributed by atoms with Crippen molar-refractivity contribution in [1.29, 1.82) is 0 Å². The number of anilines is 3. The molecule has 6 heteroatoms. The number of benzene rings is 1. The quantitative estimate of drug-likeness (QED) is 0.724. The van der Waals surface area contributed by atoms with Crippen molar-refractivity contribution >= 4 is 33.4 Å². The summed E-state index contributed by atoms with van der Waals surface area (Å²) in [5.74, 6) is 1.29. The maximum absolute atomic E-state index is 4.44. The van der Waals surface area contributed by atoms with Gasteiger partial charge in [0, 0.05) is 22.6 Å². The molecule has 0 spiro atoms. The Labute approximate surface area is 137 Å². The maximum atomic E-state index is 4.44. The van der Waals surface area contributed by atoms with E-state index >= 15 is 0 Å². The average Bonchev–Trinajstić information content (AvgIpc) is 2.54. The molecule has 22 heavy (non-hydrogen) atoms. The van der Waals surface area contributed by atoms with Crippen molar-refractivity contribution in [3.63, 3.8) is 0 Å². The average molecular weight is 356 g/mol. The second kappa shape index (κ2) is 7.00. The van der Waals surface area contributed by atoms with Crippen molar-refractivity contribution in [1.82, 2.24) is 15.0 Å². The Kier molecular flexibility index (Phi) is 4.60. The van der Waals surface area contributed by atoms with Crippen molar-refractivity contribution in [3.05, 3.63) is 71.1 Å². The summed E-state index contributed by atoms with van der Waals surface area (Å²) >= 11 is 3.44. The van der Waals surface area contributed by atoms with Crippen molar-refractivity contribution < 1.29 is 0 Å². The Balaban J connectivity index is 1.67. The van der Waals surface area contributed by atoms with Crippen LogP contribution >= 0.6 is 15.9 Å². The molecule has 0 aliphatic heterocycles. The zero-order chi connectivity index (χ0) is 15.2. The van der Waals surface area contributed by atoms with Crippen LogP contribution in [0.15, 0.2) is 65.4 Å². The Morgan fingerprint density at radius 2 is 1.91 bits per heavy atom. The third-order valence-electron chi connectivity index (χ3n) is 2.91. The predicted molar refractivity (Wildman–Crippen MR) is 91.0 cm³/mol. The van der Waals surface area contributed by atoms with Gasteiger partial charge in [-0.25, -0.2) is 4.98 Å². The van der Waals surface area contributed by atoms with Gasteiger partial charge in [-0.1, -0.05) is 28.1 Å². The fraction of sp³-hybridized carbons (Fsp3) is 0.0625. The monoisotopic (exact) mass is 355 g/mol. The fourth-order valence-corrected chi connectivity index (χ4v) is 2.30. The molecule has 5 nitrogen and oxygen atoms in total. The summed E-state index contributed by atoms with van der Waals surface area (Å²) in [6, 6.07) is 15.5. The third kappa shape index (κ3) is 4.02. The summed E-state index contributed by atoms with van der Waals surface area (Å²) in [6.07, 6.45) is 3.49. The van der Waals surface area contributed by atoms with Gasteiger partial charge in [-0.05, 0) is 36.4 Å². The molecular formula is C16H14BrN5. The van der Waals surface area contributed by atoms with Gasteiger partial charge in [0.1, 0.15) is 5.82 Å². The van der Waals surface area contributed by atoms with Crippen molar-refractivity contribution in [2.45, 2.75) is 6.54 Å². The second-order valence-corrected chi connectivity index (χ2v) is 5.49. The minimum absolute atomic E-state index is 0.545. The molecule has 110 valence electrons. The lowest BCUT2D eigenvalue weighted by molar-refractivity contribution is 1.02.